The van der Waals surface area contributed by atoms with Gasteiger partial charge < -0.3 is 14.2 Å². The summed E-state index contributed by atoms with van der Waals surface area (Å²) in [6, 6.07) is 20.9. The van der Waals surface area contributed by atoms with Crippen molar-refractivity contribution < 1.29 is 19.1 Å². The first-order chi connectivity index (χ1) is 14.6. The Kier molecular flexibility index (Phi) is 7.21. The minimum Gasteiger partial charge on any atom is -0.497 e. The monoisotopic (exact) mass is 407 g/mol. The molecule has 0 aromatic heterocycles. The molecule has 0 aliphatic rings. The van der Waals surface area contributed by atoms with Crippen LogP contribution in [-0.2, 0) is 0 Å². The second kappa shape index (κ2) is 10.5. The highest BCUT2D eigenvalue weighted by molar-refractivity contribution is 5.80. The number of methoxy groups -OCH3 is 1. The van der Waals surface area contributed by atoms with Crippen LogP contribution < -0.4 is 19.6 Å². The molecule has 3 aromatic carbocycles. The summed E-state index contributed by atoms with van der Waals surface area (Å²) < 4.78 is 16.5. The number of nitro benzene ring substituents is 1. The van der Waals surface area contributed by atoms with Crippen molar-refractivity contribution in [1.82, 2.24) is 0 Å². The van der Waals surface area contributed by atoms with E-state index in [1.807, 2.05) is 48.5 Å². The van der Waals surface area contributed by atoms with Crippen molar-refractivity contribution in [2.45, 2.75) is 0 Å². The van der Waals surface area contributed by atoms with Crippen molar-refractivity contribution in [2.24, 2.45) is 5.10 Å². The van der Waals surface area contributed by atoms with E-state index in [2.05, 4.69) is 10.5 Å². The molecular formula is C22H21N3O5. The first-order valence-electron chi connectivity index (χ1n) is 9.17. The van der Waals surface area contributed by atoms with Gasteiger partial charge in [-0.3, -0.25) is 15.5 Å². The maximum Gasteiger partial charge on any atom is 0.269 e. The van der Waals surface area contributed by atoms with Crippen LogP contribution in [0.2, 0.25) is 0 Å². The molecule has 1 N–H and O–H groups in total. The summed E-state index contributed by atoms with van der Waals surface area (Å²) in [5.41, 5.74) is 4.36. The molecule has 0 fully saturated rings. The molecule has 0 radical (unpaired) electrons. The van der Waals surface area contributed by atoms with Crippen LogP contribution in [0.5, 0.6) is 17.2 Å². The first kappa shape index (κ1) is 20.7. The molecule has 154 valence electrons. The number of hydrogen-bond acceptors (Lipinski definition) is 7. The quantitative estimate of drug-likeness (QED) is 0.230. The fraction of sp³-hybridized carbons (Fsp3) is 0.136. The number of hydrogen-bond donors (Lipinski definition) is 1. The van der Waals surface area contributed by atoms with Crippen molar-refractivity contribution in [3.63, 3.8) is 0 Å². The Morgan fingerprint density at radius 2 is 1.57 bits per heavy atom. The van der Waals surface area contributed by atoms with Gasteiger partial charge in [0.1, 0.15) is 30.5 Å². The Balaban J connectivity index is 1.46. The largest absolute Gasteiger partial charge is 0.497 e. The van der Waals surface area contributed by atoms with Gasteiger partial charge >= 0.3 is 0 Å². The lowest BCUT2D eigenvalue weighted by Gasteiger charge is -2.09. The molecule has 0 amide bonds. The first-order valence-corrected chi connectivity index (χ1v) is 9.17. The summed E-state index contributed by atoms with van der Waals surface area (Å²) in [4.78, 5) is 10.2. The van der Waals surface area contributed by atoms with Crippen LogP contribution in [-0.4, -0.2) is 31.5 Å². The summed E-state index contributed by atoms with van der Waals surface area (Å²) in [6.07, 6.45) is 1.64. The average molecular weight is 407 g/mol. The Bertz CT molecular complexity index is 1010. The predicted octanol–water partition coefficient (Wildman–Crippen LogP) is 4.51. The Morgan fingerprint density at radius 3 is 2.23 bits per heavy atom. The van der Waals surface area contributed by atoms with Gasteiger partial charge in [0, 0.05) is 18.2 Å². The van der Waals surface area contributed by atoms with Crippen LogP contribution in [0.3, 0.4) is 0 Å². The van der Waals surface area contributed by atoms with E-state index in [4.69, 9.17) is 14.2 Å². The number of ether oxygens (including phenoxy) is 3. The third-order valence-electron chi connectivity index (χ3n) is 4.01. The minimum absolute atomic E-state index is 0.0322. The second-order valence-corrected chi connectivity index (χ2v) is 6.12. The van der Waals surface area contributed by atoms with Gasteiger partial charge in [0.15, 0.2) is 0 Å². The second-order valence-electron chi connectivity index (χ2n) is 6.12. The number of nitro groups is 1. The molecular weight excluding hydrogens is 386 g/mol. The Labute approximate surface area is 173 Å². The van der Waals surface area contributed by atoms with E-state index in [9.17, 15) is 10.1 Å². The molecule has 0 spiro atoms. The topological polar surface area (TPSA) is 95.2 Å². The molecule has 0 atom stereocenters. The van der Waals surface area contributed by atoms with Gasteiger partial charge in [0.25, 0.3) is 5.69 Å². The highest BCUT2D eigenvalue weighted by atomic mass is 16.6. The van der Waals surface area contributed by atoms with E-state index in [0.29, 0.717) is 24.7 Å². The van der Waals surface area contributed by atoms with E-state index >= 15 is 0 Å². The highest BCUT2D eigenvalue weighted by Crippen LogP contribution is 2.19. The van der Waals surface area contributed by atoms with Crippen LogP contribution in [0.25, 0.3) is 0 Å². The third kappa shape index (κ3) is 6.23. The van der Waals surface area contributed by atoms with Gasteiger partial charge in [0.2, 0.25) is 0 Å². The Hall–Kier alpha value is -4.07. The lowest BCUT2D eigenvalue weighted by molar-refractivity contribution is -0.384. The van der Waals surface area contributed by atoms with Crippen molar-refractivity contribution in [3.8, 4) is 17.2 Å². The maximum atomic E-state index is 10.7. The lowest BCUT2D eigenvalue weighted by Crippen LogP contribution is -2.09. The standard InChI is InChI=1S/C22H21N3O5/c1-28-20-5-3-7-22(15-20)30-13-12-29-21-6-2-4-17(14-21)16-23-24-18-8-10-19(11-9-18)25(26)27/h2-11,14-16,24H,12-13H2,1H3. The highest BCUT2D eigenvalue weighted by Gasteiger charge is 2.03. The van der Waals surface area contributed by atoms with E-state index < -0.39 is 4.92 Å². The van der Waals surface area contributed by atoms with Crippen LogP contribution in [0.15, 0.2) is 77.9 Å². The number of rotatable bonds is 10. The molecule has 3 rings (SSSR count). The van der Waals surface area contributed by atoms with Crippen LogP contribution in [0.1, 0.15) is 5.56 Å². The maximum absolute atomic E-state index is 10.7. The molecule has 0 saturated heterocycles. The van der Waals surface area contributed by atoms with Crippen LogP contribution >= 0.6 is 0 Å². The smallest absolute Gasteiger partial charge is 0.269 e. The minimum atomic E-state index is -0.444. The van der Waals surface area contributed by atoms with Crippen LogP contribution in [0, 0.1) is 10.1 Å². The zero-order valence-corrected chi connectivity index (χ0v) is 16.4. The molecule has 0 aliphatic heterocycles. The van der Waals surface area contributed by atoms with E-state index in [0.717, 1.165) is 17.1 Å². The third-order valence-corrected chi connectivity index (χ3v) is 4.01. The van der Waals surface area contributed by atoms with Gasteiger partial charge in [-0.2, -0.15) is 5.10 Å². The van der Waals surface area contributed by atoms with Gasteiger partial charge in [-0.1, -0.05) is 18.2 Å². The van der Waals surface area contributed by atoms with E-state index in [1.54, 1.807) is 25.5 Å². The van der Waals surface area contributed by atoms with Crippen molar-refractivity contribution in [3.05, 3.63) is 88.5 Å². The molecule has 8 heteroatoms. The molecule has 8 nitrogen and oxygen atoms in total. The predicted molar refractivity (Wildman–Crippen MR) is 115 cm³/mol. The summed E-state index contributed by atoms with van der Waals surface area (Å²) in [6.45, 7) is 0.784. The van der Waals surface area contributed by atoms with Gasteiger partial charge in [-0.15, -0.1) is 0 Å². The summed E-state index contributed by atoms with van der Waals surface area (Å²) in [7, 11) is 1.61. The molecule has 0 bridgehead atoms. The number of hydrazone groups is 1. The van der Waals surface area contributed by atoms with Crippen molar-refractivity contribution in [1.29, 1.82) is 0 Å². The van der Waals surface area contributed by atoms with Crippen LogP contribution in [0.4, 0.5) is 11.4 Å². The van der Waals surface area contributed by atoms with Gasteiger partial charge in [-0.25, -0.2) is 0 Å². The van der Waals surface area contributed by atoms with E-state index in [-0.39, 0.29) is 5.69 Å². The number of benzene rings is 3. The molecule has 3 aromatic rings. The molecule has 0 saturated carbocycles. The van der Waals surface area contributed by atoms with Crippen molar-refractivity contribution in [2.75, 3.05) is 25.7 Å². The number of non-ortho nitro benzene ring substituents is 1. The fourth-order valence-electron chi connectivity index (χ4n) is 2.53. The van der Waals surface area contributed by atoms with E-state index in [1.165, 1.54) is 12.1 Å². The number of nitrogens with one attached hydrogen (secondary N) is 1. The SMILES string of the molecule is COc1cccc(OCCOc2cccc(C=NNc3ccc([N+](=O)[O-])cc3)c2)c1. The molecule has 0 heterocycles. The van der Waals surface area contributed by atoms with Crippen molar-refractivity contribution >= 4 is 17.6 Å². The Morgan fingerprint density at radius 1 is 0.933 bits per heavy atom. The zero-order valence-electron chi connectivity index (χ0n) is 16.4. The van der Waals surface area contributed by atoms with Gasteiger partial charge in [0.05, 0.1) is 23.9 Å². The summed E-state index contributed by atoms with van der Waals surface area (Å²) in [5, 5.41) is 14.8. The zero-order chi connectivity index (χ0) is 21.2. The fourth-order valence-corrected chi connectivity index (χ4v) is 2.53. The summed E-state index contributed by atoms with van der Waals surface area (Å²) >= 11 is 0. The molecule has 0 unspecified atom stereocenters. The number of anilines is 1. The molecule has 0 aliphatic carbocycles. The van der Waals surface area contributed by atoms with Gasteiger partial charge in [-0.05, 0) is 42.0 Å². The molecule has 30 heavy (non-hydrogen) atoms. The summed E-state index contributed by atoms with van der Waals surface area (Å²) in [5.74, 6) is 2.16. The normalized spacial score (nSPS) is 10.6. The lowest BCUT2D eigenvalue weighted by atomic mass is 10.2. The number of nitrogens with zero attached hydrogens (tertiary/aromatic N) is 2. The average Bonchev–Trinajstić information content (AvgIpc) is 2.77.